The molecule has 0 saturated heterocycles. The molecule has 1 unspecified atom stereocenters. The first kappa shape index (κ1) is 17.4. The van der Waals surface area contributed by atoms with Gasteiger partial charge in [-0.1, -0.05) is 25.1 Å². The maximum Gasteiger partial charge on any atom is 0.213 e. The molecule has 0 bridgehead atoms. The van der Waals surface area contributed by atoms with Crippen LogP contribution in [-0.4, -0.2) is 27.4 Å². The minimum atomic E-state index is -0.695. The Kier molecular flexibility index (Phi) is 5.74. The van der Waals surface area contributed by atoms with Crippen LogP contribution in [0, 0.1) is 6.92 Å². The summed E-state index contributed by atoms with van der Waals surface area (Å²) in [7, 11) is 0. The Balaban J connectivity index is 2.08. The van der Waals surface area contributed by atoms with Gasteiger partial charge in [0.2, 0.25) is 5.88 Å². The molecule has 0 radical (unpaired) electrons. The van der Waals surface area contributed by atoms with Crippen molar-refractivity contribution in [2.75, 3.05) is 6.61 Å². The average molecular weight is 315 g/mol. The molecule has 1 atom stereocenters. The van der Waals surface area contributed by atoms with E-state index in [0.717, 1.165) is 22.4 Å². The maximum absolute atomic E-state index is 9.98. The van der Waals surface area contributed by atoms with Crippen LogP contribution in [0.4, 0.5) is 0 Å². The Morgan fingerprint density at radius 3 is 2.65 bits per heavy atom. The molecule has 4 nitrogen and oxygen atoms in total. The van der Waals surface area contributed by atoms with E-state index in [1.165, 1.54) is 0 Å². The second kappa shape index (κ2) is 7.57. The SMILES string of the molecule is CCC(C)(O)CCOc1ccc(-c2cccc(CO)c2)c(C)n1. The molecule has 0 aliphatic carbocycles. The molecular formula is C19H25NO3. The van der Waals surface area contributed by atoms with Gasteiger partial charge in [-0.3, -0.25) is 0 Å². The Labute approximate surface area is 137 Å². The van der Waals surface area contributed by atoms with Crippen LogP contribution in [0.3, 0.4) is 0 Å². The highest BCUT2D eigenvalue weighted by Crippen LogP contribution is 2.25. The normalized spacial score (nSPS) is 13.6. The summed E-state index contributed by atoms with van der Waals surface area (Å²) in [5.41, 5.74) is 3.11. The Bertz CT molecular complexity index is 653. The van der Waals surface area contributed by atoms with Gasteiger partial charge >= 0.3 is 0 Å². The van der Waals surface area contributed by atoms with E-state index in [4.69, 9.17) is 4.74 Å². The predicted molar refractivity (Wildman–Crippen MR) is 91.4 cm³/mol. The largest absolute Gasteiger partial charge is 0.478 e. The van der Waals surface area contributed by atoms with Crippen molar-refractivity contribution < 1.29 is 14.9 Å². The van der Waals surface area contributed by atoms with Crippen LogP contribution in [0.15, 0.2) is 36.4 Å². The number of benzene rings is 1. The molecule has 0 aliphatic heterocycles. The van der Waals surface area contributed by atoms with Gasteiger partial charge in [0.05, 0.1) is 18.8 Å². The van der Waals surface area contributed by atoms with Crippen LogP contribution in [-0.2, 0) is 6.61 Å². The Morgan fingerprint density at radius 2 is 2.00 bits per heavy atom. The number of rotatable bonds is 7. The highest BCUT2D eigenvalue weighted by Gasteiger charge is 2.17. The van der Waals surface area contributed by atoms with E-state index < -0.39 is 5.60 Å². The Hall–Kier alpha value is -1.91. The average Bonchev–Trinajstić information content (AvgIpc) is 2.55. The minimum absolute atomic E-state index is 0.0267. The van der Waals surface area contributed by atoms with Gasteiger partial charge in [-0.2, -0.15) is 0 Å². The van der Waals surface area contributed by atoms with Gasteiger partial charge < -0.3 is 14.9 Å². The van der Waals surface area contributed by atoms with Crippen molar-refractivity contribution in [2.45, 2.75) is 45.8 Å². The molecule has 124 valence electrons. The molecule has 2 N–H and O–H groups in total. The van der Waals surface area contributed by atoms with Crippen molar-refractivity contribution in [2.24, 2.45) is 0 Å². The zero-order chi connectivity index (χ0) is 16.9. The fraction of sp³-hybridized carbons (Fsp3) is 0.421. The Morgan fingerprint density at radius 1 is 1.22 bits per heavy atom. The molecule has 4 heteroatoms. The molecule has 1 heterocycles. The number of hydrogen-bond donors (Lipinski definition) is 2. The molecule has 0 amide bonds. The van der Waals surface area contributed by atoms with Crippen LogP contribution in [0.5, 0.6) is 5.88 Å². The summed E-state index contributed by atoms with van der Waals surface area (Å²) in [6.45, 7) is 6.17. The summed E-state index contributed by atoms with van der Waals surface area (Å²) in [6.07, 6.45) is 1.27. The number of aliphatic hydroxyl groups is 2. The molecule has 0 fully saturated rings. The second-order valence-corrected chi connectivity index (χ2v) is 6.09. The molecule has 1 aromatic heterocycles. The zero-order valence-corrected chi connectivity index (χ0v) is 14.0. The van der Waals surface area contributed by atoms with Crippen LogP contribution < -0.4 is 4.74 Å². The lowest BCUT2D eigenvalue weighted by Crippen LogP contribution is -2.25. The first-order chi connectivity index (χ1) is 10.9. The predicted octanol–water partition coefficient (Wildman–Crippen LogP) is 3.48. The van der Waals surface area contributed by atoms with Gasteiger partial charge in [0.1, 0.15) is 0 Å². The summed E-state index contributed by atoms with van der Waals surface area (Å²) < 4.78 is 5.65. The van der Waals surface area contributed by atoms with E-state index in [0.29, 0.717) is 25.3 Å². The summed E-state index contributed by atoms with van der Waals surface area (Å²) in [5, 5.41) is 19.2. The quantitative estimate of drug-likeness (QED) is 0.821. The number of aliphatic hydroxyl groups excluding tert-OH is 1. The van der Waals surface area contributed by atoms with E-state index in [2.05, 4.69) is 4.98 Å². The highest BCUT2D eigenvalue weighted by molar-refractivity contribution is 5.66. The van der Waals surface area contributed by atoms with E-state index in [9.17, 15) is 10.2 Å². The standard InChI is InChI=1S/C19H25NO3/c1-4-19(3,22)10-11-23-18-9-8-17(14(2)20-18)16-7-5-6-15(12-16)13-21/h5-9,12,21-22H,4,10-11,13H2,1-3H3. The van der Waals surface area contributed by atoms with E-state index in [1.54, 1.807) is 0 Å². The van der Waals surface area contributed by atoms with Gasteiger partial charge in [0, 0.05) is 23.7 Å². The second-order valence-electron chi connectivity index (χ2n) is 6.09. The molecule has 2 rings (SSSR count). The highest BCUT2D eigenvalue weighted by atomic mass is 16.5. The molecule has 0 aliphatic rings. The number of hydrogen-bond acceptors (Lipinski definition) is 4. The van der Waals surface area contributed by atoms with Crippen LogP contribution in [0.25, 0.3) is 11.1 Å². The number of aromatic nitrogens is 1. The van der Waals surface area contributed by atoms with E-state index in [1.807, 2.05) is 57.2 Å². The lowest BCUT2D eigenvalue weighted by molar-refractivity contribution is 0.0328. The van der Waals surface area contributed by atoms with Crippen molar-refractivity contribution >= 4 is 0 Å². The van der Waals surface area contributed by atoms with E-state index >= 15 is 0 Å². The van der Waals surface area contributed by atoms with E-state index in [-0.39, 0.29) is 6.61 Å². The minimum Gasteiger partial charge on any atom is -0.478 e. The zero-order valence-electron chi connectivity index (χ0n) is 14.0. The van der Waals surface area contributed by atoms with Gasteiger partial charge in [-0.15, -0.1) is 0 Å². The molecule has 0 saturated carbocycles. The maximum atomic E-state index is 9.98. The number of nitrogens with zero attached hydrogens (tertiary/aromatic N) is 1. The van der Waals surface area contributed by atoms with Crippen LogP contribution >= 0.6 is 0 Å². The van der Waals surface area contributed by atoms with Gasteiger partial charge in [-0.05, 0) is 43.5 Å². The van der Waals surface area contributed by atoms with Gasteiger partial charge in [0.25, 0.3) is 0 Å². The topological polar surface area (TPSA) is 62.6 Å². The first-order valence-electron chi connectivity index (χ1n) is 7.98. The number of ether oxygens (including phenoxy) is 1. The summed E-state index contributed by atoms with van der Waals surface area (Å²) in [4.78, 5) is 4.48. The van der Waals surface area contributed by atoms with Gasteiger partial charge in [0.15, 0.2) is 0 Å². The molecule has 1 aromatic carbocycles. The summed E-state index contributed by atoms with van der Waals surface area (Å²) >= 11 is 0. The van der Waals surface area contributed by atoms with Crippen molar-refractivity contribution in [3.05, 3.63) is 47.7 Å². The van der Waals surface area contributed by atoms with Crippen LogP contribution in [0.2, 0.25) is 0 Å². The third kappa shape index (κ3) is 4.78. The fourth-order valence-electron chi connectivity index (χ4n) is 2.31. The summed E-state index contributed by atoms with van der Waals surface area (Å²) in [5.74, 6) is 0.566. The van der Waals surface area contributed by atoms with Crippen LogP contribution in [0.1, 0.15) is 37.9 Å². The van der Waals surface area contributed by atoms with Crippen molar-refractivity contribution in [3.8, 4) is 17.0 Å². The smallest absolute Gasteiger partial charge is 0.213 e. The number of pyridine rings is 1. The lowest BCUT2D eigenvalue weighted by atomic mass is 10.0. The van der Waals surface area contributed by atoms with Gasteiger partial charge in [-0.25, -0.2) is 4.98 Å². The summed E-state index contributed by atoms with van der Waals surface area (Å²) in [6, 6.07) is 11.6. The molecule has 23 heavy (non-hydrogen) atoms. The molecular weight excluding hydrogens is 290 g/mol. The first-order valence-corrected chi connectivity index (χ1v) is 7.98. The molecule has 0 spiro atoms. The molecule has 2 aromatic rings. The monoisotopic (exact) mass is 315 g/mol. The van der Waals surface area contributed by atoms with Crippen molar-refractivity contribution in [1.82, 2.24) is 4.98 Å². The van der Waals surface area contributed by atoms with Crippen molar-refractivity contribution in [3.63, 3.8) is 0 Å². The third-order valence-corrected chi connectivity index (χ3v) is 4.13. The lowest BCUT2D eigenvalue weighted by Gasteiger charge is -2.20. The van der Waals surface area contributed by atoms with Crippen molar-refractivity contribution in [1.29, 1.82) is 0 Å². The number of aryl methyl sites for hydroxylation is 1. The third-order valence-electron chi connectivity index (χ3n) is 4.13. The fourth-order valence-corrected chi connectivity index (χ4v) is 2.31.